The number of halogens is 1. The Morgan fingerprint density at radius 2 is 2.22 bits per heavy atom. The fourth-order valence-electron chi connectivity index (χ4n) is 3.40. The van der Waals surface area contributed by atoms with Crippen molar-refractivity contribution in [2.24, 2.45) is 11.7 Å². The number of hydrogen-bond donors (Lipinski definition) is 1. The minimum atomic E-state index is -0.127. The van der Waals surface area contributed by atoms with Gasteiger partial charge in [-0.3, -0.25) is 0 Å². The number of fused-ring (bicyclic) bond motifs is 1. The molecule has 0 spiro atoms. The number of benzene rings is 1. The van der Waals surface area contributed by atoms with Crippen LogP contribution in [-0.2, 0) is 6.42 Å². The van der Waals surface area contributed by atoms with Gasteiger partial charge in [-0.25, -0.2) is 4.39 Å². The minimum absolute atomic E-state index is 0.127. The third-order valence-electron chi connectivity index (χ3n) is 4.53. The zero-order chi connectivity index (χ0) is 12.5. The van der Waals surface area contributed by atoms with E-state index in [0.29, 0.717) is 12.0 Å². The molecule has 2 atom stereocenters. The molecule has 0 radical (unpaired) electrons. The first kappa shape index (κ1) is 12.0. The highest BCUT2D eigenvalue weighted by Crippen LogP contribution is 2.31. The van der Waals surface area contributed by atoms with E-state index in [0.717, 1.165) is 31.6 Å². The molecule has 2 N–H and O–H groups in total. The molecule has 98 valence electrons. The van der Waals surface area contributed by atoms with Gasteiger partial charge in [-0.15, -0.1) is 0 Å². The van der Waals surface area contributed by atoms with Gasteiger partial charge in [0.2, 0.25) is 0 Å². The molecule has 2 unspecified atom stereocenters. The minimum Gasteiger partial charge on any atom is -0.371 e. The molecule has 0 bridgehead atoms. The quantitative estimate of drug-likeness (QED) is 0.891. The van der Waals surface area contributed by atoms with Gasteiger partial charge in [-0.1, -0.05) is 12.5 Å². The number of rotatable bonds is 3. The molecule has 1 heterocycles. The van der Waals surface area contributed by atoms with E-state index in [1.165, 1.54) is 24.8 Å². The van der Waals surface area contributed by atoms with Crippen LogP contribution in [0.25, 0.3) is 0 Å². The van der Waals surface area contributed by atoms with Gasteiger partial charge in [-0.05, 0) is 49.3 Å². The van der Waals surface area contributed by atoms with Crippen molar-refractivity contribution in [1.82, 2.24) is 0 Å². The lowest BCUT2D eigenvalue weighted by molar-refractivity contribution is 0.447. The van der Waals surface area contributed by atoms with Gasteiger partial charge in [0.1, 0.15) is 5.82 Å². The predicted molar refractivity (Wildman–Crippen MR) is 72.3 cm³/mol. The van der Waals surface area contributed by atoms with Crippen LogP contribution in [0.3, 0.4) is 0 Å². The van der Waals surface area contributed by atoms with Crippen molar-refractivity contribution in [3.05, 3.63) is 29.6 Å². The van der Waals surface area contributed by atoms with Crippen molar-refractivity contribution in [2.45, 2.75) is 38.1 Å². The lowest BCUT2D eigenvalue weighted by Crippen LogP contribution is -2.29. The van der Waals surface area contributed by atoms with Gasteiger partial charge in [0.25, 0.3) is 0 Å². The standard InChI is InChI=1S/C15H21FN2/c16-13-5-4-12-7-9-18(15(12)10-13)8-6-11-2-1-3-14(11)17/h4-5,10-11,14H,1-3,6-9,17H2. The van der Waals surface area contributed by atoms with Crippen molar-refractivity contribution < 1.29 is 4.39 Å². The van der Waals surface area contributed by atoms with Crippen LogP contribution in [0.1, 0.15) is 31.2 Å². The first-order valence-corrected chi connectivity index (χ1v) is 7.03. The van der Waals surface area contributed by atoms with Crippen molar-refractivity contribution in [2.75, 3.05) is 18.0 Å². The molecule has 3 heteroatoms. The lowest BCUT2D eigenvalue weighted by Gasteiger charge is -2.23. The second-order valence-electron chi connectivity index (χ2n) is 5.65. The smallest absolute Gasteiger partial charge is 0.125 e. The van der Waals surface area contributed by atoms with Crippen molar-refractivity contribution in [1.29, 1.82) is 0 Å². The Balaban J connectivity index is 1.64. The van der Waals surface area contributed by atoms with Gasteiger partial charge < -0.3 is 10.6 Å². The van der Waals surface area contributed by atoms with E-state index in [-0.39, 0.29) is 5.82 Å². The van der Waals surface area contributed by atoms with Crippen LogP contribution in [0.5, 0.6) is 0 Å². The van der Waals surface area contributed by atoms with Crippen LogP contribution in [0.2, 0.25) is 0 Å². The molecule has 1 aromatic carbocycles. The highest BCUT2D eigenvalue weighted by atomic mass is 19.1. The molecule has 1 aromatic rings. The van der Waals surface area contributed by atoms with E-state index in [9.17, 15) is 4.39 Å². The number of nitrogens with zero attached hydrogens (tertiary/aromatic N) is 1. The first-order chi connectivity index (χ1) is 8.74. The van der Waals surface area contributed by atoms with E-state index in [4.69, 9.17) is 5.73 Å². The maximum absolute atomic E-state index is 13.3. The van der Waals surface area contributed by atoms with Crippen LogP contribution in [-0.4, -0.2) is 19.1 Å². The van der Waals surface area contributed by atoms with E-state index in [1.54, 1.807) is 12.1 Å². The van der Waals surface area contributed by atoms with Crippen molar-refractivity contribution >= 4 is 5.69 Å². The average molecular weight is 248 g/mol. The summed E-state index contributed by atoms with van der Waals surface area (Å²) in [7, 11) is 0. The maximum atomic E-state index is 13.3. The molecular weight excluding hydrogens is 227 g/mol. The van der Waals surface area contributed by atoms with Gasteiger partial charge >= 0.3 is 0 Å². The van der Waals surface area contributed by atoms with Crippen LogP contribution >= 0.6 is 0 Å². The second kappa shape index (κ2) is 4.88. The van der Waals surface area contributed by atoms with Gasteiger partial charge in [0, 0.05) is 24.8 Å². The molecule has 0 saturated heterocycles. The summed E-state index contributed by atoms with van der Waals surface area (Å²) in [6.07, 6.45) is 5.92. The van der Waals surface area contributed by atoms with Crippen molar-refractivity contribution in [3.63, 3.8) is 0 Å². The Kier molecular flexibility index (Phi) is 3.25. The average Bonchev–Trinajstić information content (AvgIpc) is 2.93. The molecule has 1 fully saturated rings. The first-order valence-electron chi connectivity index (χ1n) is 7.03. The Labute approximate surface area is 108 Å². The van der Waals surface area contributed by atoms with E-state index in [2.05, 4.69) is 4.90 Å². The Morgan fingerprint density at radius 3 is 3.00 bits per heavy atom. The predicted octanol–water partition coefficient (Wildman–Crippen LogP) is 2.71. The summed E-state index contributed by atoms with van der Waals surface area (Å²) in [6.45, 7) is 2.05. The number of anilines is 1. The van der Waals surface area contributed by atoms with Gasteiger partial charge in [-0.2, -0.15) is 0 Å². The summed E-state index contributed by atoms with van der Waals surface area (Å²) in [5, 5.41) is 0. The maximum Gasteiger partial charge on any atom is 0.125 e. The normalized spacial score (nSPS) is 26.7. The second-order valence-corrected chi connectivity index (χ2v) is 5.65. The monoisotopic (exact) mass is 248 g/mol. The Morgan fingerprint density at radius 1 is 1.33 bits per heavy atom. The zero-order valence-corrected chi connectivity index (χ0v) is 10.7. The molecule has 1 saturated carbocycles. The SMILES string of the molecule is NC1CCCC1CCN1CCc2ccc(F)cc21. The molecule has 1 aliphatic carbocycles. The number of hydrogen-bond acceptors (Lipinski definition) is 2. The summed E-state index contributed by atoms with van der Waals surface area (Å²) in [4.78, 5) is 2.32. The molecule has 3 rings (SSSR count). The van der Waals surface area contributed by atoms with E-state index in [1.807, 2.05) is 6.07 Å². The zero-order valence-electron chi connectivity index (χ0n) is 10.7. The molecule has 0 amide bonds. The topological polar surface area (TPSA) is 29.3 Å². The Hall–Kier alpha value is -1.09. The molecule has 18 heavy (non-hydrogen) atoms. The molecule has 2 nitrogen and oxygen atoms in total. The lowest BCUT2D eigenvalue weighted by atomic mass is 10.00. The summed E-state index contributed by atoms with van der Waals surface area (Å²) in [5.74, 6) is 0.542. The van der Waals surface area contributed by atoms with Gasteiger partial charge in [0.05, 0.1) is 0 Å². The summed E-state index contributed by atoms with van der Waals surface area (Å²) in [6, 6.07) is 5.55. The fraction of sp³-hybridized carbons (Fsp3) is 0.600. The number of nitrogens with two attached hydrogens (primary N) is 1. The van der Waals surface area contributed by atoms with Crippen LogP contribution in [0, 0.1) is 11.7 Å². The van der Waals surface area contributed by atoms with Crippen LogP contribution in [0.4, 0.5) is 10.1 Å². The van der Waals surface area contributed by atoms with Gasteiger partial charge in [0.15, 0.2) is 0 Å². The third-order valence-corrected chi connectivity index (χ3v) is 4.53. The van der Waals surface area contributed by atoms with E-state index >= 15 is 0 Å². The Bertz CT molecular complexity index is 433. The molecule has 1 aliphatic heterocycles. The largest absolute Gasteiger partial charge is 0.371 e. The molecule has 0 aromatic heterocycles. The van der Waals surface area contributed by atoms with Crippen LogP contribution < -0.4 is 10.6 Å². The summed E-state index contributed by atoms with van der Waals surface area (Å²) < 4.78 is 13.3. The van der Waals surface area contributed by atoms with Crippen LogP contribution in [0.15, 0.2) is 18.2 Å². The molecule has 2 aliphatic rings. The molecular formula is C15H21FN2. The highest BCUT2D eigenvalue weighted by Gasteiger charge is 2.26. The van der Waals surface area contributed by atoms with Crippen molar-refractivity contribution in [3.8, 4) is 0 Å². The summed E-state index contributed by atoms with van der Waals surface area (Å²) in [5.41, 5.74) is 8.49. The third kappa shape index (κ3) is 2.24. The van der Waals surface area contributed by atoms with E-state index < -0.39 is 0 Å². The summed E-state index contributed by atoms with van der Waals surface area (Å²) >= 11 is 0. The fourth-order valence-corrected chi connectivity index (χ4v) is 3.40. The highest BCUT2D eigenvalue weighted by molar-refractivity contribution is 5.58.